The minimum atomic E-state index is -4.28. The van der Waals surface area contributed by atoms with E-state index >= 15 is 0 Å². The van der Waals surface area contributed by atoms with Crippen molar-refractivity contribution in [3.8, 4) is 0 Å². The molecular formula is C17H23F2N5O3S. The van der Waals surface area contributed by atoms with Gasteiger partial charge in [-0.15, -0.1) is 0 Å². The Hall–Kier alpha value is -1.82. The number of rotatable bonds is 5. The van der Waals surface area contributed by atoms with Crippen LogP contribution in [0.5, 0.6) is 0 Å². The van der Waals surface area contributed by atoms with Gasteiger partial charge in [0.25, 0.3) is 0 Å². The van der Waals surface area contributed by atoms with Crippen molar-refractivity contribution in [2.45, 2.75) is 55.2 Å². The van der Waals surface area contributed by atoms with E-state index in [0.717, 1.165) is 18.6 Å². The Morgan fingerprint density at radius 3 is 2.54 bits per heavy atom. The summed E-state index contributed by atoms with van der Waals surface area (Å²) in [5, 5.41) is 0. The highest BCUT2D eigenvalue weighted by atomic mass is 32.2. The summed E-state index contributed by atoms with van der Waals surface area (Å²) >= 11 is 0. The third kappa shape index (κ3) is 3.15. The molecule has 0 radical (unpaired) electrons. The highest BCUT2D eigenvalue weighted by molar-refractivity contribution is 7.89. The summed E-state index contributed by atoms with van der Waals surface area (Å²) < 4.78 is 58.2. The molecule has 0 bridgehead atoms. The molecule has 8 nitrogen and oxygen atoms in total. The van der Waals surface area contributed by atoms with Crippen LogP contribution >= 0.6 is 0 Å². The first-order valence-electron chi connectivity index (χ1n) is 9.19. The zero-order valence-electron chi connectivity index (χ0n) is 15.6. The standard InChI is InChI=1S/C17H23F2N5O3S/c1-10-3-4-15(21-20-10)24-13-8-14(11(19)7-12(13)23(2)16(24)25)28(26,27)22-17(9-18)5-6-17/h7-8,10,15,20-22H,3-6,9H2,1-2H3. The van der Waals surface area contributed by atoms with Gasteiger partial charge in [0, 0.05) is 19.2 Å². The maximum atomic E-state index is 14.7. The number of benzene rings is 1. The molecule has 0 amide bonds. The molecule has 2 unspecified atom stereocenters. The van der Waals surface area contributed by atoms with Crippen LogP contribution in [-0.2, 0) is 17.1 Å². The van der Waals surface area contributed by atoms with Crippen LogP contribution in [0.15, 0.2) is 21.8 Å². The number of halogens is 2. The van der Waals surface area contributed by atoms with E-state index in [4.69, 9.17) is 0 Å². The predicted molar refractivity (Wildman–Crippen MR) is 99.4 cm³/mol. The minimum absolute atomic E-state index is 0.231. The maximum absolute atomic E-state index is 14.7. The van der Waals surface area contributed by atoms with E-state index < -0.39 is 39.1 Å². The highest BCUT2D eigenvalue weighted by Crippen LogP contribution is 2.37. The van der Waals surface area contributed by atoms with Crippen LogP contribution in [0.4, 0.5) is 8.78 Å². The number of nitrogens with zero attached hydrogens (tertiary/aromatic N) is 2. The first-order valence-corrected chi connectivity index (χ1v) is 10.7. The zero-order chi connectivity index (χ0) is 20.3. The van der Waals surface area contributed by atoms with Crippen LogP contribution in [0.3, 0.4) is 0 Å². The van der Waals surface area contributed by atoms with Crippen molar-refractivity contribution in [1.82, 2.24) is 24.7 Å². The number of hydrogen-bond donors (Lipinski definition) is 3. The fourth-order valence-corrected chi connectivity index (χ4v) is 5.13. The molecule has 2 aliphatic rings. The van der Waals surface area contributed by atoms with Gasteiger partial charge in [0.2, 0.25) is 10.0 Å². The molecule has 1 saturated heterocycles. The average molecular weight is 415 g/mol. The molecule has 3 N–H and O–H groups in total. The Morgan fingerprint density at radius 1 is 1.25 bits per heavy atom. The van der Waals surface area contributed by atoms with Crippen LogP contribution in [0.25, 0.3) is 11.0 Å². The van der Waals surface area contributed by atoms with Crippen molar-refractivity contribution < 1.29 is 17.2 Å². The smallest absolute Gasteiger partial charge is 0.295 e. The summed E-state index contributed by atoms with van der Waals surface area (Å²) in [7, 11) is -2.77. The number of nitrogens with one attached hydrogen (secondary N) is 3. The molecule has 11 heteroatoms. The summed E-state index contributed by atoms with van der Waals surface area (Å²) in [6, 6.07) is 2.42. The maximum Gasteiger partial charge on any atom is 0.330 e. The van der Waals surface area contributed by atoms with Crippen molar-refractivity contribution >= 4 is 21.1 Å². The summed E-state index contributed by atoms with van der Waals surface area (Å²) in [6.45, 7) is 1.15. The van der Waals surface area contributed by atoms with Crippen LogP contribution in [-0.4, -0.2) is 35.8 Å². The normalized spacial score (nSPS) is 24.6. The van der Waals surface area contributed by atoms with Gasteiger partial charge in [0.05, 0.1) is 16.6 Å². The van der Waals surface area contributed by atoms with Gasteiger partial charge in [0.1, 0.15) is 23.6 Å². The second-order valence-electron chi connectivity index (χ2n) is 7.79. The lowest BCUT2D eigenvalue weighted by Gasteiger charge is -2.29. The molecule has 1 aliphatic heterocycles. The minimum Gasteiger partial charge on any atom is -0.295 e. The highest BCUT2D eigenvalue weighted by Gasteiger charge is 2.47. The SMILES string of the molecule is CC1CCC(n2c(=O)n(C)c3cc(F)c(S(=O)(=O)NC4(CF)CC4)cc32)NN1. The van der Waals surface area contributed by atoms with E-state index in [1.165, 1.54) is 16.2 Å². The Bertz CT molecular complexity index is 1080. The van der Waals surface area contributed by atoms with Crippen molar-refractivity contribution in [2.24, 2.45) is 7.05 Å². The molecule has 2 heterocycles. The fourth-order valence-electron chi connectivity index (χ4n) is 3.61. The van der Waals surface area contributed by atoms with Gasteiger partial charge in [-0.05, 0) is 38.7 Å². The Labute approximate surface area is 160 Å². The number of alkyl halides is 1. The van der Waals surface area contributed by atoms with Gasteiger partial charge in [-0.25, -0.2) is 32.1 Å². The Morgan fingerprint density at radius 2 is 1.96 bits per heavy atom. The van der Waals surface area contributed by atoms with Crippen molar-refractivity contribution in [3.63, 3.8) is 0 Å². The largest absolute Gasteiger partial charge is 0.330 e. The Balaban J connectivity index is 1.83. The topological polar surface area (TPSA) is 97.2 Å². The lowest BCUT2D eigenvalue weighted by molar-refractivity contribution is 0.232. The van der Waals surface area contributed by atoms with Crippen molar-refractivity contribution in [1.29, 1.82) is 0 Å². The quantitative estimate of drug-likeness (QED) is 0.678. The monoisotopic (exact) mass is 415 g/mol. The molecule has 2 atom stereocenters. The molecule has 2 aromatic rings. The predicted octanol–water partition coefficient (Wildman–Crippen LogP) is 1.03. The lowest BCUT2D eigenvalue weighted by Crippen LogP contribution is -2.50. The second kappa shape index (κ2) is 6.61. The number of aromatic nitrogens is 2. The van der Waals surface area contributed by atoms with E-state index in [1.54, 1.807) is 0 Å². The molecule has 1 saturated carbocycles. The molecule has 154 valence electrons. The second-order valence-corrected chi connectivity index (χ2v) is 9.44. The first kappa shape index (κ1) is 19.5. The molecule has 1 aromatic heterocycles. The van der Waals surface area contributed by atoms with Gasteiger partial charge in [-0.2, -0.15) is 0 Å². The van der Waals surface area contributed by atoms with Crippen molar-refractivity contribution in [2.75, 3.05) is 6.67 Å². The number of fused-ring (bicyclic) bond motifs is 1. The van der Waals surface area contributed by atoms with Crippen LogP contribution in [0, 0.1) is 5.82 Å². The van der Waals surface area contributed by atoms with E-state index in [0.29, 0.717) is 24.8 Å². The number of aryl methyl sites for hydroxylation is 1. The molecule has 4 rings (SSSR count). The summed E-state index contributed by atoms with van der Waals surface area (Å²) in [5.41, 5.74) is 5.19. The number of imidazole rings is 1. The molecule has 1 aliphatic carbocycles. The molecular weight excluding hydrogens is 392 g/mol. The molecule has 2 fully saturated rings. The number of hydrazine groups is 1. The van der Waals surface area contributed by atoms with Crippen LogP contribution in [0.1, 0.15) is 38.8 Å². The van der Waals surface area contributed by atoms with Gasteiger partial charge in [-0.3, -0.25) is 14.6 Å². The van der Waals surface area contributed by atoms with E-state index in [2.05, 4.69) is 15.6 Å². The van der Waals surface area contributed by atoms with Crippen LogP contribution < -0.4 is 21.3 Å². The van der Waals surface area contributed by atoms with Crippen LogP contribution in [0.2, 0.25) is 0 Å². The molecule has 0 spiro atoms. The third-order valence-corrected chi connectivity index (χ3v) is 7.17. The van der Waals surface area contributed by atoms with E-state index in [9.17, 15) is 22.0 Å². The summed E-state index contributed by atoms with van der Waals surface area (Å²) in [5.74, 6) is -0.981. The van der Waals surface area contributed by atoms with Gasteiger partial charge in [-0.1, -0.05) is 0 Å². The average Bonchev–Trinajstić information content (AvgIpc) is 3.37. The number of hydrogen-bond acceptors (Lipinski definition) is 5. The van der Waals surface area contributed by atoms with Gasteiger partial charge in [0.15, 0.2) is 0 Å². The number of sulfonamides is 1. The third-order valence-electron chi connectivity index (χ3n) is 5.57. The fraction of sp³-hybridized carbons (Fsp3) is 0.588. The summed E-state index contributed by atoms with van der Waals surface area (Å²) in [6.07, 6.45) is 1.81. The van der Waals surface area contributed by atoms with E-state index in [1.807, 2.05) is 6.92 Å². The Kier molecular flexibility index (Phi) is 4.60. The van der Waals surface area contributed by atoms with Crippen molar-refractivity contribution in [3.05, 3.63) is 28.4 Å². The molecule has 1 aromatic carbocycles. The van der Waals surface area contributed by atoms with Gasteiger partial charge >= 0.3 is 5.69 Å². The summed E-state index contributed by atoms with van der Waals surface area (Å²) in [4.78, 5) is 12.2. The lowest BCUT2D eigenvalue weighted by atomic mass is 10.1. The first-order chi connectivity index (χ1) is 13.2. The zero-order valence-corrected chi connectivity index (χ0v) is 16.4. The van der Waals surface area contributed by atoms with E-state index in [-0.39, 0.29) is 17.2 Å². The van der Waals surface area contributed by atoms with Gasteiger partial charge < -0.3 is 0 Å². The molecule has 28 heavy (non-hydrogen) atoms.